The van der Waals surface area contributed by atoms with E-state index in [2.05, 4.69) is 16.1 Å². The summed E-state index contributed by atoms with van der Waals surface area (Å²) in [7, 11) is 0. The molecule has 17 heteroatoms. The topological polar surface area (TPSA) is 241 Å². The van der Waals surface area contributed by atoms with Gasteiger partial charge in [0.1, 0.15) is 42.3 Å². The number of Topliss-reactive ketones (excluding diaryl/α,β-unsaturated/α-hetero) is 1. The number of nitrogens with one attached hydrogen (secondary N) is 3. The summed E-state index contributed by atoms with van der Waals surface area (Å²) in [6.07, 6.45) is 7.78. The van der Waals surface area contributed by atoms with Crippen molar-refractivity contribution in [3.63, 3.8) is 0 Å². The van der Waals surface area contributed by atoms with Crippen molar-refractivity contribution < 1.29 is 58.4 Å². The summed E-state index contributed by atoms with van der Waals surface area (Å²) in [6, 6.07) is 2.79. The minimum atomic E-state index is -1.44. The van der Waals surface area contributed by atoms with Crippen LogP contribution in [0.5, 0.6) is 5.75 Å². The van der Waals surface area contributed by atoms with E-state index in [1.54, 1.807) is 64.1 Å². The maximum atomic E-state index is 14.3. The highest BCUT2D eigenvalue weighted by Crippen LogP contribution is 2.24. The van der Waals surface area contributed by atoms with Gasteiger partial charge < -0.3 is 40.2 Å². The molecule has 2 saturated heterocycles. The number of carbonyl (C=O) groups is 7. The summed E-state index contributed by atoms with van der Waals surface area (Å²) in [5, 5.41) is 39.5. The predicted molar refractivity (Wildman–Crippen MR) is 221 cm³/mol. The number of allylic oxidation sites excluding steroid dienone is 4. The number of hydrogen-bond donors (Lipinski definition) is 6. The fraction of sp³-hybridized carbons (Fsp3) is 0.523. The number of ketones is 1. The number of benzene rings is 1. The van der Waals surface area contributed by atoms with E-state index < -0.39 is 89.8 Å². The zero-order valence-corrected chi connectivity index (χ0v) is 35.3. The van der Waals surface area contributed by atoms with Gasteiger partial charge in [-0.2, -0.15) is 0 Å². The highest BCUT2D eigenvalue weighted by Gasteiger charge is 2.38. The number of aromatic hydroxyl groups is 1. The molecular weight excluding hydrogens is 791 g/mol. The van der Waals surface area contributed by atoms with Gasteiger partial charge in [0.2, 0.25) is 17.7 Å². The SMILES string of the molecule is CC(=O)CC[C@H]1C(=O)N[C@@H](C(C)C)C(=O)N[C@@H](Cc2cccc(O)c2)C(=O)N2CCCC(N2)C(=O)O[C@H](/C(C)=C/C=C/C(=O)N2COC(=O)C2)C/C=C/C=C/[C@H](O)[C@H](C)[C@H]1O. The van der Waals surface area contributed by atoms with Crippen LogP contribution in [0.25, 0.3) is 0 Å². The minimum absolute atomic E-state index is 0.0421. The Bertz CT molecular complexity index is 1890. The van der Waals surface area contributed by atoms with E-state index in [9.17, 15) is 48.9 Å². The van der Waals surface area contributed by atoms with Crippen LogP contribution in [-0.2, 0) is 49.5 Å². The Labute approximate surface area is 355 Å². The number of aliphatic hydroxyl groups is 2. The number of nitrogens with zero attached hydrogens (tertiary/aromatic N) is 2. The first kappa shape index (κ1) is 48.0. The summed E-state index contributed by atoms with van der Waals surface area (Å²) >= 11 is 0. The third-order valence-electron chi connectivity index (χ3n) is 10.9. The monoisotopic (exact) mass is 849 g/mol. The smallest absolute Gasteiger partial charge is 0.327 e. The number of aliphatic hydroxyl groups excluding tert-OH is 2. The average Bonchev–Trinajstić information content (AvgIpc) is 3.66. The lowest BCUT2D eigenvalue weighted by molar-refractivity contribution is -0.156. The molecule has 1 unspecified atom stereocenters. The van der Waals surface area contributed by atoms with Crippen LogP contribution in [-0.4, -0.2) is 123 Å². The number of amides is 4. The molecule has 0 radical (unpaired) electrons. The molecule has 0 aliphatic carbocycles. The number of esters is 2. The van der Waals surface area contributed by atoms with Gasteiger partial charge in [0.15, 0.2) is 6.73 Å². The van der Waals surface area contributed by atoms with Crippen molar-refractivity contribution in [2.75, 3.05) is 19.8 Å². The van der Waals surface area contributed by atoms with Crippen LogP contribution >= 0.6 is 0 Å². The number of phenols is 1. The molecule has 1 aromatic rings. The first-order valence-electron chi connectivity index (χ1n) is 20.6. The fourth-order valence-corrected chi connectivity index (χ4v) is 7.08. The van der Waals surface area contributed by atoms with E-state index >= 15 is 0 Å². The van der Waals surface area contributed by atoms with Crippen LogP contribution in [0, 0.1) is 17.8 Å². The Kier molecular flexibility index (Phi) is 18.0. The normalized spacial score (nSPS) is 28.9. The molecule has 1 aromatic carbocycles. The molecule has 3 heterocycles. The fourth-order valence-electron chi connectivity index (χ4n) is 7.08. The van der Waals surface area contributed by atoms with Crippen LogP contribution in [0.3, 0.4) is 0 Å². The quantitative estimate of drug-likeness (QED) is 0.118. The van der Waals surface area contributed by atoms with E-state index in [1.807, 2.05) is 0 Å². The first-order chi connectivity index (χ1) is 28.9. The number of ether oxygens (including phenoxy) is 2. The molecule has 6 N–H and O–H groups in total. The number of phenolic OH excluding ortho intramolecular Hbond substituents is 1. The largest absolute Gasteiger partial charge is 0.508 e. The molecule has 3 aliphatic rings. The van der Waals surface area contributed by atoms with Gasteiger partial charge in [0.05, 0.1) is 18.1 Å². The molecule has 0 saturated carbocycles. The van der Waals surface area contributed by atoms with Crippen LogP contribution < -0.4 is 16.1 Å². The molecular formula is C44H59N5O12. The van der Waals surface area contributed by atoms with Gasteiger partial charge in [-0.25, -0.2) is 5.43 Å². The molecule has 4 amide bonds. The van der Waals surface area contributed by atoms with Crippen molar-refractivity contribution in [1.29, 1.82) is 0 Å². The number of fused-ring (bicyclic) bond motifs is 2. The molecule has 8 atom stereocenters. The van der Waals surface area contributed by atoms with Crippen molar-refractivity contribution in [1.82, 2.24) is 26.0 Å². The second kappa shape index (κ2) is 22.8. The summed E-state index contributed by atoms with van der Waals surface area (Å²) in [4.78, 5) is 93.4. The second-order valence-electron chi connectivity index (χ2n) is 16.1. The highest BCUT2D eigenvalue weighted by atomic mass is 16.6. The summed E-state index contributed by atoms with van der Waals surface area (Å²) in [6.45, 7) is 7.88. The highest BCUT2D eigenvalue weighted by molar-refractivity contribution is 5.93. The number of rotatable bonds is 9. The molecule has 17 nitrogen and oxygen atoms in total. The molecule has 0 spiro atoms. The van der Waals surface area contributed by atoms with E-state index in [-0.39, 0.29) is 57.0 Å². The van der Waals surface area contributed by atoms with Crippen LogP contribution in [0.4, 0.5) is 0 Å². The van der Waals surface area contributed by atoms with Gasteiger partial charge in [0, 0.05) is 37.8 Å². The average molecular weight is 850 g/mol. The van der Waals surface area contributed by atoms with E-state index in [0.717, 1.165) is 0 Å². The molecule has 0 aromatic heterocycles. The van der Waals surface area contributed by atoms with Gasteiger partial charge in [-0.15, -0.1) is 0 Å². The molecule has 61 heavy (non-hydrogen) atoms. The molecule has 2 bridgehead atoms. The van der Waals surface area contributed by atoms with Crippen molar-refractivity contribution in [2.45, 2.75) is 110 Å². The van der Waals surface area contributed by atoms with Gasteiger partial charge in [-0.05, 0) is 62.3 Å². The number of hydrogen-bond acceptors (Lipinski definition) is 13. The maximum absolute atomic E-state index is 14.3. The Balaban J connectivity index is 1.70. The summed E-state index contributed by atoms with van der Waals surface area (Å²) in [5.74, 6) is -6.50. The number of cyclic esters (lactones) is 2. The Morgan fingerprint density at radius 3 is 2.46 bits per heavy atom. The lowest BCUT2D eigenvalue weighted by atomic mass is 9.84. The molecule has 3 aliphatic heterocycles. The number of carbonyl (C=O) groups excluding carboxylic acids is 7. The minimum Gasteiger partial charge on any atom is -0.508 e. The van der Waals surface area contributed by atoms with Gasteiger partial charge in [0.25, 0.3) is 5.91 Å². The van der Waals surface area contributed by atoms with E-state index in [4.69, 9.17) is 9.47 Å². The zero-order chi connectivity index (χ0) is 44.8. The lowest BCUT2D eigenvalue weighted by Crippen LogP contribution is -2.62. The van der Waals surface area contributed by atoms with E-state index in [1.165, 1.54) is 47.2 Å². The first-order valence-corrected chi connectivity index (χ1v) is 20.6. The predicted octanol–water partition coefficient (Wildman–Crippen LogP) is 1.67. The zero-order valence-electron chi connectivity index (χ0n) is 35.3. The lowest BCUT2D eigenvalue weighted by Gasteiger charge is -2.36. The Morgan fingerprint density at radius 2 is 1.79 bits per heavy atom. The van der Waals surface area contributed by atoms with Crippen LogP contribution in [0.15, 0.2) is 72.4 Å². The van der Waals surface area contributed by atoms with Crippen LogP contribution in [0.1, 0.15) is 72.3 Å². The van der Waals surface area contributed by atoms with Crippen molar-refractivity contribution in [2.24, 2.45) is 17.8 Å². The summed E-state index contributed by atoms with van der Waals surface area (Å²) < 4.78 is 10.8. The van der Waals surface area contributed by atoms with Crippen LogP contribution in [0.2, 0.25) is 0 Å². The maximum Gasteiger partial charge on any atom is 0.327 e. The van der Waals surface area contributed by atoms with Gasteiger partial charge >= 0.3 is 11.9 Å². The third-order valence-corrected chi connectivity index (χ3v) is 10.9. The second-order valence-corrected chi connectivity index (χ2v) is 16.1. The summed E-state index contributed by atoms with van der Waals surface area (Å²) in [5.41, 5.74) is 4.04. The molecule has 332 valence electrons. The molecule has 4 rings (SSSR count). The van der Waals surface area contributed by atoms with Gasteiger partial charge in [-0.1, -0.05) is 69.4 Å². The van der Waals surface area contributed by atoms with Gasteiger partial charge in [-0.3, -0.25) is 38.7 Å². The third kappa shape index (κ3) is 14.2. The standard InChI is InChI=1S/C44H59N5O12/c1-26(2)39-42(57)45-34(23-30-13-10-14-31(51)22-30)43(58)49-21-11-15-33(47-49)44(59)61-36(27(3)12-9-18-37(53)48-24-38(54)60-25-48)17-8-6-7-16-35(52)29(5)40(55)32(41(56)46-39)20-19-28(4)50/h6-10,12-14,16,18,22,26,29,32-36,39-40,47,51-52,55H,11,15,17,19-21,23-25H2,1-5H3,(H,45,57)(H,46,56)/b8-6+,16-7+,18-9+,27-12+/t29-,32+,33?,34-,35-,36-,39-,40+/m0/s1. The molecule has 2 fully saturated rings. The number of hydrazine groups is 1. The Hall–Kier alpha value is -5.65. The van der Waals surface area contributed by atoms with E-state index in [0.29, 0.717) is 24.0 Å². The van der Waals surface area contributed by atoms with Crippen molar-refractivity contribution >= 4 is 41.4 Å². The van der Waals surface area contributed by atoms with Crippen molar-refractivity contribution in [3.8, 4) is 5.75 Å². The van der Waals surface area contributed by atoms with Crippen molar-refractivity contribution in [3.05, 3.63) is 77.9 Å². The Morgan fingerprint density at radius 1 is 1.03 bits per heavy atom.